The van der Waals surface area contributed by atoms with Crippen molar-refractivity contribution in [1.29, 1.82) is 0 Å². The van der Waals surface area contributed by atoms with Gasteiger partial charge in [-0.2, -0.15) is 0 Å². The summed E-state index contributed by atoms with van der Waals surface area (Å²) < 4.78 is 13.2. The molecule has 0 heterocycles. The number of benzene rings is 1. The van der Waals surface area contributed by atoms with Gasteiger partial charge < -0.3 is 9.47 Å². The lowest BCUT2D eigenvalue weighted by Gasteiger charge is -2.17. The largest absolute Gasteiger partial charge is 0.496 e. The minimum absolute atomic E-state index is 0.503. The molecule has 0 aliphatic rings. The molecule has 2 nitrogen and oxygen atoms in total. The number of rotatable bonds is 6. The molecule has 0 fully saturated rings. The van der Waals surface area contributed by atoms with E-state index >= 15 is 0 Å². The molecule has 0 amide bonds. The van der Waals surface area contributed by atoms with Gasteiger partial charge in [0.15, 0.2) is 0 Å². The smallest absolute Gasteiger partial charge is 0.134 e. The molecule has 0 unspecified atom stereocenters. The molecule has 1 rings (SSSR count). The van der Waals surface area contributed by atoms with Gasteiger partial charge in [-0.15, -0.1) is 0 Å². The van der Waals surface area contributed by atoms with Crippen molar-refractivity contribution in [3.05, 3.63) is 31.1 Å². The topological polar surface area (TPSA) is 18.5 Å². The highest BCUT2D eigenvalue weighted by molar-refractivity contribution is 9.28. The molecule has 0 saturated heterocycles. The van der Waals surface area contributed by atoms with Crippen molar-refractivity contribution >= 4 is 47.8 Å². The number of aryl methyl sites for hydroxylation is 1. The Labute approximate surface area is 139 Å². The Bertz CT molecular complexity index is 466. The Morgan fingerprint density at radius 2 is 1.95 bits per heavy atom. The Morgan fingerprint density at radius 3 is 2.42 bits per heavy atom. The Morgan fingerprint density at radius 1 is 1.26 bits per heavy atom. The van der Waals surface area contributed by atoms with Crippen molar-refractivity contribution in [3.8, 4) is 11.5 Å². The van der Waals surface area contributed by atoms with Crippen LogP contribution in [0.15, 0.2) is 20.0 Å². The molecule has 0 radical (unpaired) electrons. The van der Waals surface area contributed by atoms with Crippen LogP contribution in [-0.4, -0.2) is 13.7 Å². The maximum atomic E-state index is 5.79. The van der Waals surface area contributed by atoms with Crippen LogP contribution in [0, 0.1) is 0 Å². The Kier molecular flexibility index (Phi) is 7.47. The summed E-state index contributed by atoms with van der Waals surface area (Å²) in [5.41, 5.74) is 2.32. The summed E-state index contributed by atoms with van der Waals surface area (Å²) in [7, 11) is 1.71. The van der Waals surface area contributed by atoms with Crippen molar-refractivity contribution in [1.82, 2.24) is 0 Å². The minimum atomic E-state index is 0.503. The summed E-state index contributed by atoms with van der Waals surface area (Å²) in [6, 6.07) is 2.04. The molecule has 0 aliphatic heterocycles. The van der Waals surface area contributed by atoms with Crippen LogP contribution in [0.3, 0.4) is 0 Å². The van der Waals surface area contributed by atoms with E-state index in [-0.39, 0.29) is 0 Å². The molecule has 0 aromatic heterocycles. The SMILES string of the molecule is CCc1cc(OCC=C(Br)Br)c(Br)c(CC)c1OC. The van der Waals surface area contributed by atoms with E-state index in [0.29, 0.717) is 6.61 Å². The van der Waals surface area contributed by atoms with Gasteiger partial charge in [0, 0.05) is 5.56 Å². The second-order valence-corrected chi connectivity index (χ2v) is 7.44. The van der Waals surface area contributed by atoms with Crippen LogP contribution < -0.4 is 9.47 Å². The number of hydrogen-bond donors (Lipinski definition) is 0. The van der Waals surface area contributed by atoms with E-state index in [0.717, 1.165) is 37.8 Å². The third-order valence-electron chi connectivity index (χ3n) is 2.77. The zero-order valence-electron chi connectivity index (χ0n) is 11.2. The lowest BCUT2D eigenvalue weighted by atomic mass is 10.0. The second kappa shape index (κ2) is 8.32. The monoisotopic (exact) mass is 454 g/mol. The predicted molar refractivity (Wildman–Crippen MR) is 90.9 cm³/mol. The van der Waals surface area contributed by atoms with E-state index in [9.17, 15) is 0 Å². The van der Waals surface area contributed by atoms with Gasteiger partial charge in [-0.1, -0.05) is 13.8 Å². The molecule has 0 bridgehead atoms. The van der Waals surface area contributed by atoms with Crippen LogP contribution in [0.5, 0.6) is 11.5 Å². The average Bonchev–Trinajstić information content (AvgIpc) is 2.39. The standard InChI is InChI=1S/C14H17Br3O2/c1-4-9-8-11(19-7-6-12(15)16)13(17)10(5-2)14(9)18-3/h6,8H,4-5,7H2,1-3H3. The molecule has 0 saturated carbocycles. The van der Waals surface area contributed by atoms with Crippen molar-refractivity contribution in [3.63, 3.8) is 0 Å². The first-order chi connectivity index (χ1) is 9.04. The molecule has 0 atom stereocenters. The van der Waals surface area contributed by atoms with Crippen LogP contribution >= 0.6 is 47.8 Å². The van der Waals surface area contributed by atoms with Crippen LogP contribution in [0.4, 0.5) is 0 Å². The van der Waals surface area contributed by atoms with Crippen molar-refractivity contribution in [2.75, 3.05) is 13.7 Å². The van der Waals surface area contributed by atoms with Gasteiger partial charge in [0.2, 0.25) is 0 Å². The van der Waals surface area contributed by atoms with Crippen molar-refractivity contribution < 1.29 is 9.47 Å². The van der Waals surface area contributed by atoms with Gasteiger partial charge in [-0.3, -0.25) is 0 Å². The van der Waals surface area contributed by atoms with Crippen molar-refractivity contribution in [2.24, 2.45) is 0 Å². The molecular weight excluding hydrogens is 440 g/mol. The van der Waals surface area contributed by atoms with Gasteiger partial charge in [0.1, 0.15) is 18.1 Å². The Balaban J connectivity index is 3.15. The van der Waals surface area contributed by atoms with Gasteiger partial charge in [0.25, 0.3) is 0 Å². The molecule has 0 spiro atoms. The maximum Gasteiger partial charge on any atom is 0.134 e. The van der Waals surface area contributed by atoms with Crippen LogP contribution in [0.2, 0.25) is 0 Å². The minimum Gasteiger partial charge on any atom is -0.496 e. The molecule has 0 N–H and O–H groups in total. The van der Waals surface area contributed by atoms with Crippen LogP contribution in [0.25, 0.3) is 0 Å². The average molecular weight is 457 g/mol. The van der Waals surface area contributed by atoms with Gasteiger partial charge in [-0.25, -0.2) is 0 Å². The second-order valence-electron chi connectivity index (χ2n) is 3.87. The summed E-state index contributed by atoms with van der Waals surface area (Å²) in [4.78, 5) is 0. The van der Waals surface area contributed by atoms with Crippen LogP contribution in [-0.2, 0) is 12.8 Å². The highest BCUT2D eigenvalue weighted by Gasteiger charge is 2.16. The van der Waals surface area contributed by atoms with Gasteiger partial charge in [-0.05, 0) is 78.3 Å². The zero-order chi connectivity index (χ0) is 14.4. The fourth-order valence-corrected chi connectivity index (χ4v) is 2.82. The Hall–Kier alpha value is -0.000000000000000167. The van der Waals surface area contributed by atoms with Crippen LogP contribution in [0.1, 0.15) is 25.0 Å². The van der Waals surface area contributed by atoms with E-state index in [2.05, 4.69) is 61.6 Å². The normalized spacial score (nSPS) is 10.2. The van der Waals surface area contributed by atoms with Gasteiger partial charge >= 0.3 is 0 Å². The first-order valence-corrected chi connectivity index (χ1v) is 8.45. The third kappa shape index (κ3) is 4.50. The quantitative estimate of drug-likeness (QED) is 0.555. The summed E-state index contributed by atoms with van der Waals surface area (Å²) in [6.07, 6.45) is 3.72. The highest BCUT2D eigenvalue weighted by atomic mass is 79.9. The fraction of sp³-hybridized carbons (Fsp3) is 0.429. The van der Waals surface area contributed by atoms with Gasteiger partial charge in [0.05, 0.1) is 15.0 Å². The third-order valence-corrected chi connectivity index (χ3v) is 4.28. The predicted octanol–water partition coefficient (Wildman–Crippen LogP) is 5.59. The molecule has 19 heavy (non-hydrogen) atoms. The van der Waals surface area contributed by atoms with Crippen molar-refractivity contribution in [2.45, 2.75) is 26.7 Å². The maximum absolute atomic E-state index is 5.79. The number of hydrogen-bond acceptors (Lipinski definition) is 2. The van der Waals surface area contributed by atoms with E-state index in [1.165, 1.54) is 5.56 Å². The lowest BCUT2D eigenvalue weighted by molar-refractivity contribution is 0.356. The first kappa shape index (κ1) is 17.1. The highest BCUT2D eigenvalue weighted by Crippen LogP contribution is 2.39. The molecule has 1 aromatic carbocycles. The summed E-state index contributed by atoms with van der Waals surface area (Å²) >= 11 is 10.2. The molecule has 0 aliphatic carbocycles. The lowest BCUT2D eigenvalue weighted by Crippen LogP contribution is -2.02. The number of ether oxygens (including phenoxy) is 2. The molecular formula is C14H17Br3O2. The van der Waals surface area contributed by atoms with E-state index in [1.807, 2.05) is 12.1 Å². The molecule has 106 valence electrons. The number of methoxy groups -OCH3 is 1. The first-order valence-electron chi connectivity index (χ1n) is 6.07. The molecule has 1 aromatic rings. The zero-order valence-corrected chi connectivity index (χ0v) is 16.0. The van der Waals surface area contributed by atoms with E-state index in [4.69, 9.17) is 9.47 Å². The summed E-state index contributed by atoms with van der Waals surface area (Å²) in [5.74, 6) is 1.81. The molecule has 5 heteroatoms. The summed E-state index contributed by atoms with van der Waals surface area (Å²) in [6.45, 7) is 4.73. The number of halogens is 3. The fourth-order valence-electron chi connectivity index (χ4n) is 1.86. The summed E-state index contributed by atoms with van der Waals surface area (Å²) in [5, 5.41) is 0. The van der Waals surface area contributed by atoms with E-state index < -0.39 is 0 Å². The van der Waals surface area contributed by atoms with E-state index in [1.54, 1.807) is 7.11 Å².